The van der Waals surface area contributed by atoms with E-state index in [0.717, 1.165) is 17.0 Å². The molecule has 0 unspecified atom stereocenters. The molecule has 0 fully saturated rings. The minimum absolute atomic E-state index is 0.623. The van der Waals surface area contributed by atoms with Gasteiger partial charge in [-0.15, -0.1) is 5.54 Å². The Labute approximate surface area is 164 Å². The molecule has 0 amide bonds. The van der Waals surface area contributed by atoms with Gasteiger partial charge in [-0.25, -0.2) is 4.98 Å². The average Bonchev–Trinajstić information content (AvgIpc) is 3.00. The number of fused-ring (bicyclic) bond motifs is 1. The molecule has 2 aromatic heterocycles. The van der Waals surface area contributed by atoms with E-state index in [2.05, 4.69) is 99.0 Å². The van der Waals surface area contributed by atoms with Gasteiger partial charge in [-0.3, -0.25) is 4.57 Å². The summed E-state index contributed by atoms with van der Waals surface area (Å²) in [6.07, 6.45) is 1.84. The zero-order valence-corrected chi connectivity index (χ0v) is 18.3. The number of hydrogen-bond donors (Lipinski definition) is 0. The lowest BCUT2D eigenvalue weighted by atomic mass is 10.2. The number of rotatable bonds is 4. The first-order valence-corrected chi connectivity index (χ1v) is 12.2. The van der Waals surface area contributed by atoms with Crippen LogP contribution < -0.4 is 0 Å². The van der Waals surface area contributed by atoms with Gasteiger partial charge in [-0.1, -0.05) is 71.7 Å². The molecule has 2 nitrogen and oxygen atoms in total. The molecule has 3 rings (SSSR count). The fraction of sp³-hybridized carbons (Fsp3) is 0.375. The van der Waals surface area contributed by atoms with E-state index in [0.29, 0.717) is 16.6 Å². The Balaban J connectivity index is 2.24. The largest absolute Gasteiger partial charge is 0.287 e. The van der Waals surface area contributed by atoms with Gasteiger partial charge in [0.05, 0.1) is 11.2 Å². The van der Waals surface area contributed by atoms with Crippen LogP contribution in [-0.2, 0) is 0 Å². The zero-order valence-electron chi connectivity index (χ0n) is 17.3. The van der Waals surface area contributed by atoms with Gasteiger partial charge in [0.15, 0.2) is 0 Å². The van der Waals surface area contributed by atoms with Gasteiger partial charge in [-0.05, 0) is 40.9 Å². The normalized spacial score (nSPS) is 12.0. The summed E-state index contributed by atoms with van der Waals surface area (Å²) >= 11 is 0. The number of para-hydroxylation sites is 1. The van der Waals surface area contributed by atoms with Gasteiger partial charge in [0.1, 0.15) is 13.9 Å². The second-order valence-corrected chi connectivity index (χ2v) is 13.8. The highest BCUT2D eigenvalue weighted by atomic mass is 28.3. The highest BCUT2D eigenvalue weighted by Gasteiger charge is 2.41. The third kappa shape index (κ3) is 3.47. The maximum absolute atomic E-state index is 4.59. The second-order valence-electron chi connectivity index (χ2n) is 8.26. The fourth-order valence-corrected chi connectivity index (χ4v) is 9.80. The summed E-state index contributed by atoms with van der Waals surface area (Å²) in [5.41, 5.74) is 7.92. The predicted octanol–water partition coefficient (Wildman–Crippen LogP) is 6.60. The lowest BCUT2D eigenvalue weighted by Crippen LogP contribution is -2.43. The number of hydrogen-bond acceptors (Lipinski definition) is 1. The quantitative estimate of drug-likeness (QED) is 0.372. The Morgan fingerprint density at radius 3 is 2.07 bits per heavy atom. The molecule has 0 bridgehead atoms. The van der Waals surface area contributed by atoms with Crippen molar-refractivity contribution in [1.82, 2.24) is 9.55 Å². The van der Waals surface area contributed by atoms with E-state index >= 15 is 0 Å². The number of pyridine rings is 1. The molecule has 0 saturated carbocycles. The van der Waals surface area contributed by atoms with Crippen molar-refractivity contribution in [3.63, 3.8) is 0 Å². The van der Waals surface area contributed by atoms with Crippen molar-refractivity contribution in [1.29, 1.82) is 0 Å². The second kappa shape index (κ2) is 7.74. The summed E-state index contributed by atoms with van der Waals surface area (Å²) in [7, 11) is -1.78. The lowest BCUT2D eigenvalue weighted by Gasteiger charge is -2.38. The highest BCUT2D eigenvalue weighted by Crippen LogP contribution is 2.40. The molecule has 3 aromatic rings. The molecule has 0 aliphatic rings. The third-order valence-corrected chi connectivity index (χ3v) is 12.2. The van der Waals surface area contributed by atoms with E-state index in [1.165, 1.54) is 5.39 Å². The summed E-state index contributed by atoms with van der Waals surface area (Å²) in [4.78, 5) is 4.59. The summed E-state index contributed by atoms with van der Waals surface area (Å²) in [5, 5.41) is 1.21. The van der Waals surface area contributed by atoms with Gasteiger partial charge < -0.3 is 0 Å². The van der Waals surface area contributed by atoms with Gasteiger partial charge >= 0.3 is 0 Å². The van der Waals surface area contributed by atoms with Crippen LogP contribution in [0, 0.1) is 11.5 Å². The first-order valence-electron chi connectivity index (χ1n) is 9.93. The summed E-state index contributed by atoms with van der Waals surface area (Å²) in [6, 6.07) is 16.7. The van der Waals surface area contributed by atoms with Crippen LogP contribution in [0.5, 0.6) is 0 Å². The van der Waals surface area contributed by atoms with Gasteiger partial charge in [-0.2, -0.15) is 0 Å². The van der Waals surface area contributed by atoms with Crippen molar-refractivity contribution in [2.45, 2.75) is 58.2 Å². The molecule has 3 heteroatoms. The Morgan fingerprint density at radius 2 is 1.48 bits per heavy atom. The van der Waals surface area contributed by atoms with Crippen molar-refractivity contribution in [2.24, 2.45) is 0 Å². The van der Waals surface area contributed by atoms with Crippen LogP contribution in [0.25, 0.3) is 16.7 Å². The van der Waals surface area contributed by atoms with Crippen LogP contribution in [0.15, 0.2) is 54.7 Å². The van der Waals surface area contributed by atoms with E-state index in [1.807, 2.05) is 18.3 Å². The molecule has 140 valence electrons. The highest BCUT2D eigenvalue weighted by molar-refractivity contribution is 6.90. The molecular formula is C24H30N2Si. The van der Waals surface area contributed by atoms with Crippen LogP contribution in [-0.4, -0.2) is 17.6 Å². The first kappa shape index (κ1) is 19.4. The van der Waals surface area contributed by atoms with Crippen LogP contribution >= 0.6 is 0 Å². The fourth-order valence-electron chi connectivity index (χ4n) is 4.58. The van der Waals surface area contributed by atoms with Crippen LogP contribution in [0.1, 0.15) is 47.2 Å². The topological polar surface area (TPSA) is 17.8 Å². The minimum atomic E-state index is -1.78. The Morgan fingerprint density at radius 1 is 0.852 bits per heavy atom. The molecule has 0 N–H and O–H groups in total. The van der Waals surface area contributed by atoms with Crippen molar-refractivity contribution in [2.75, 3.05) is 0 Å². The van der Waals surface area contributed by atoms with E-state index in [1.54, 1.807) is 0 Å². The Kier molecular flexibility index (Phi) is 5.58. The van der Waals surface area contributed by atoms with E-state index in [9.17, 15) is 0 Å². The summed E-state index contributed by atoms with van der Waals surface area (Å²) in [5.74, 6) is 4.55. The van der Waals surface area contributed by atoms with Crippen molar-refractivity contribution >= 4 is 19.0 Å². The lowest BCUT2D eigenvalue weighted by molar-refractivity contribution is 0.838. The molecule has 2 heterocycles. The molecule has 27 heavy (non-hydrogen) atoms. The molecule has 0 saturated heterocycles. The number of nitrogens with zero attached hydrogens (tertiary/aromatic N) is 2. The van der Waals surface area contributed by atoms with E-state index in [-0.39, 0.29) is 0 Å². The van der Waals surface area contributed by atoms with Gasteiger partial charge in [0.25, 0.3) is 0 Å². The predicted molar refractivity (Wildman–Crippen MR) is 119 cm³/mol. The third-order valence-electron chi connectivity index (χ3n) is 5.86. The maximum Gasteiger partial charge on any atom is 0.146 e. The zero-order chi connectivity index (χ0) is 19.6. The van der Waals surface area contributed by atoms with Gasteiger partial charge in [0, 0.05) is 11.6 Å². The summed E-state index contributed by atoms with van der Waals surface area (Å²) in [6.45, 7) is 14.1. The molecule has 0 spiro atoms. The van der Waals surface area contributed by atoms with E-state index < -0.39 is 8.07 Å². The molecular weight excluding hydrogens is 344 g/mol. The number of aromatic nitrogens is 2. The first-order chi connectivity index (χ1) is 12.9. The standard InChI is InChI=1S/C24H30N2Si/c1-18(2)27(19(3)4,20(5)6)16-14-22-17-21-11-7-8-12-23(21)26(22)24-13-9-10-15-25-24/h7-13,15,17-20H,1-6H3. The van der Waals surface area contributed by atoms with Crippen LogP contribution in [0.3, 0.4) is 0 Å². The van der Waals surface area contributed by atoms with Crippen LogP contribution in [0.4, 0.5) is 0 Å². The minimum Gasteiger partial charge on any atom is -0.287 e. The summed E-state index contributed by atoms with van der Waals surface area (Å²) < 4.78 is 2.20. The molecule has 0 atom stereocenters. The maximum atomic E-state index is 4.59. The monoisotopic (exact) mass is 374 g/mol. The van der Waals surface area contributed by atoms with Crippen molar-refractivity contribution in [3.8, 4) is 17.3 Å². The molecule has 0 aliphatic heterocycles. The molecule has 0 aliphatic carbocycles. The van der Waals surface area contributed by atoms with E-state index in [4.69, 9.17) is 0 Å². The molecule has 0 radical (unpaired) electrons. The number of benzene rings is 1. The smallest absolute Gasteiger partial charge is 0.146 e. The Bertz CT molecular complexity index is 950. The van der Waals surface area contributed by atoms with Gasteiger partial charge in [0.2, 0.25) is 0 Å². The van der Waals surface area contributed by atoms with Crippen LogP contribution in [0.2, 0.25) is 16.6 Å². The van der Waals surface area contributed by atoms with Crippen molar-refractivity contribution < 1.29 is 0 Å². The van der Waals surface area contributed by atoms with Crippen molar-refractivity contribution in [3.05, 3.63) is 60.4 Å². The SMILES string of the molecule is CC(C)[Si](C#Cc1cc2ccccc2n1-c1ccccn1)(C(C)C)C(C)C. The Hall–Kier alpha value is -2.31. The molecule has 1 aromatic carbocycles. The average molecular weight is 375 g/mol.